The van der Waals surface area contributed by atoms with E-state index in [-0.39, 0.29) is 28.0 Å². The number of aliphatic carboxylic acids is 1. The minimum atomic E-state index is -1.26. The minimum Gasteiger partial charge on any atom is -0.477 e. The highest BCUT2D eigenvalue weighted by Gasteiger charge is 2.54. The molecule has 0 saturated carbocycles. The number of aromatic nitrogens is 5. The predicted octanol–water partition coefficient (Wildman–Crippen LogP) is -1.85. The van der Waals surface area contributed by atoms with Gasteiger partial charge in [0.25, 0.3) is 11.8 Å². The number of nitrogens with one attached hydrogen (secondary N) is 2. The number of tetrazole rings is 1. The molecular formula is C16H17N11O5S3. The quantitative estimate of drug-likeness (QED) is 0.108. The summed E-state index contributed by atoms with van der Waals surface area (Å²) in [5, 5.41) is 28.6. The molecule has 4 rings (SSSR count). The molecule has 2 aliphatic rings. The van der Waals surface area contributed by atoms with Gasteiger partial charge in [0.2, 0.25) is 5.16 Å². The third kappa shape index (κ3) is 4.91. The van der Waals surface area contributed by atoms with Gasteiger partial charge in [0.1, 0.15) is 22.8 Å². The van der Waals surface area contributed by atoms with Gasteiger partial charge in [-0.15, -0.1) is 28.2 Å². The van der Waals surface area contributed by atoms with E-state index in [1.54, 1.807) is 7.05 Å². The van der Waals surface area contributed by atoms with Crippen LogP contribution in [-0.4, -0.2) is 87.6 Å². The summed E-state index contributed by atoms with van der Waals surface area (Å²) in [4.78, 5) is 54.0. The minimum absolute atomic E-state index is 0.0716. The molecule has 0 unspecified atom stereocenters. The molecule has 0 spiro atoms. The van der Waals surface area contributed by atoms with Gasteiger partial charge in [-0.3, -0.25) is 14.5 Å². The van der Waals surface area contributed by atoms with Gasteiger partial charge in [0, 0.05) is 23.9 Å². The first-order valence-electron chi connectivity index (χ1n) is 9.58. The summed E-state index contributed by atoms with van der Waals surface area (Å²) < 4.78 is 1.45. The van der Waals surface area contributed by atoms with Crippen LogP contribution in [-0.2, 0) is 21.4 Å². The molecule has 4 amide bonds. The Morgan fingerprint density at radius 3 is 2.77 bits per heavy atom. The number of hydrogen-bond acceptors (Lipinski definition) is 13. The summed E-state index contributed by atoms with van der Waals surface area (Å²) in [5.41, 5.74) is 12.7. The van der Waals surface area contributed by atoms with Crippen molar-refractivity contribution in [2.24, 2.45) is 17.9 Å². The lowest BCUT2D eigenvalue weighted by Crippen LogP contribution is -2.71. The zero-order chi connectivity index (χ0) is 25.3. The Labute approximate surface area is 208 Å². The molecule has 35 heavy (non-hydrogen) atoms. The number of hydrogen-bond donors (Lipinski definition) is 5. The third-order valence-electron chi connectivity index (χ3n) is 4.75. The molecule has 19 heteroatoms. The van der Waals surface area contributed by atoms with Crippen LogP contribution in [0.3, 0.4) is 0 Å². The number of aryl methyl sites for hydroxylation is 1. The number of amides is 4. The number of carboxylic acids is 1. The fraction of sp³-hybridized carbons (Fsp3) is 0.312. The molecular weight excluding hydrogens is 522 g/mol. The Morgan fingerprint density at radius 1 is 1.40 bits per heavy atom. The first-order chi connectivity index (χ1) is 16.7. The van der Waals surface area contributed by atoms with Gasteiger partial charge in [-0.25, -0.2) is 24.7 Å². The number of nitrogens with zero attached hydrogens (tertiary/aromatic N) is 7. The van der Waals surface area contributed by atoms with E-state index in [1.807, 2.05) is 5.43 Å². The van der Waals surface area contributed by atoms with Gasteiger partial charge in [-0.2, -0.15) is 5.10 Å². The number of carbonyl (C=O) groups is 4. The van der Waals surface area contributed by atoms with E-state index >= 15 is 0 Å². The number of primary amides is 1. The number of rotatable bonds is 8. The van der Waals surface area contributed by atoms with E-state index in [0.29, 0.717) is 16.5 Å². The maximum absolute atomic E-state index is 12.9. The molecule has 7 N–H and O–H groups in total. The number of carboxylic acid groups (broad SMARTS) is 1. The lowest BCUT2D eigenvalue weighted by molar-refractivity contribution is -0.150. The van der Waals surface area contributed by atoms with E-state index in [1.165, 1.54) is 33.6 Å². The second-order valence-electron chi connectivity index (χ2n) is 7.00. The number of nitrogens with two attached hydrogens (primary N) is 2. The smallest absolute Gasteiger partial charge is 0.352 e. The van der Waals surface area contributed by atoms with Crippen molar-refractivity contribution in [2.75, 3.05) is 17.2 Å². The second-order valence-corrected chi connectivity index (χ2v) is 9.94. The molecule has 2 aromatic heterocycles. The summed E-state index contributed by atoms with van der Waals surface area (Å²) in [6.45, 7) is 0. The fourth-order valence-electron chi connectivity index (χ4n) is 3.23. The highest BCUT2D eigenvalue weighted by molar-refractivity contribution is 8.01. The van der Waals surface area contributed by atoms with E-state index in [4.69, 9.17) is 11.5 Å². The first-order valence-corrected chi connectivity index (χ1v) is 12.5. The average Bonchev–Trinajstić information content (AvgIpc) is 3.42. The number of fused-ring (bicyclic) bond motifs is 1. The number of thioether (sulfide) groups is 2. The number of urea groups is 1. The Hall–Kier alpha value is -3.71. The van der Waals surface area contributed by atoms with Gasteiger partial charge < -0.3 is 21.9 Å². The second kappa shape index (κ2) is 9.88. The zero-order valence-electron chi connectivity index (χ0n) is 17.7. The fourth-order valence-corrected chi connectivity index (χ4v) is 6.11. The van der Waals surface area contributed by atoms with Gasteiger partial charge in [0.15, 0.2) is 10.8 Å². The lowest BCUT2D eigenvalue weighted by atomic mass is 10.0. The van der Waals surface area contributed by atoms with Gasteiger partial charge in [0.05, 0.1) is 0 Å². The first kappa shape index (κ1) is 24.4. The highest BCUT2D eigenvalue weighted by atomic mass is 32.2. The SMILES string of the molecule is Cn1nnnc1SCC1=C(C(=O)O)N2C(=O)[C@@H](NC(=O)/C(=N\NC(N)=O)c3csc(N)n3)[C@H]2SC1. The third-order valence-corrected chi connectivity index (χ3v) is 7.86. The molecule has 16 nitrogen and oxygen atoms in total. The molecule has 184 valence electrons. The van der Waals surface area contributed by atoms with Crippen molar-refractivity contribution in [1.29, 1.82) is 0 Å². The van der Waals surface area contributed by atoms with E-state index in [9.17, 15) is 24.3 Å². The highest BCUT2D eigenvalue weighted by Crippen LogP contribution is 2.41. The molecule has 2 aromatic rings. The molecule has 0 bridgehead atoms. The number of nitrogen functional groups attached to an aromatic ring is 1. The van der Waals surface area contributed by atoms with Crippen molar-refractivity contribution >= 4 is 69.5 Å². The standard InChI is InChI=1S/C16H17N11O5S3/c1-26-16(23-24-25-26)35-3-5-2-33-12-8(11(29)27(12)9(5)13(30)31)20-10(28)7(21-22-14(17)32)6-4-34-15(18)19-6/h4,8,12H,2-3H2,1H3,(H2,18,19)(H,20,28)(H,30,31)(H3,17,22,32)/b21-7-/t8-,12-/m1/s1. The number of carbonyl (C=O) groups excluding carboxylic acids is 3. The van der Waals surface area contributed by atoms with Crippen LogP contribution in [0.1, 0.15) is 5.69 Å². The van der Waals surface area contributed by atoms with E-state index < -0.39 is 35.2 Å². The van der Waals surface area contributed by atoms with Crippen LogP contribution < -0.4 is 22.2 Å². The van der Waals surface area contributed by atoms with E-state index in [0.717, 1.165) is 16.2 Å². The molecule has 1 fully saturated rings. The Bertz CT molecular complexity index is 1270. The Kier molecular flexibility index (Phi) is 6.89. The number of thiazole rings is 1. The van der Waals surface area contributed by atoms with Crippen molar-refractivity contribution in [1.82, 2.24) is 40.8 Å². The number of anilines is 1. The molecule has 0 radical (unpaired) electrons. The largest absolute Gasteiger partial charge is 0.477 e. The van der Waals surface area contributed by atoms with Crippen LogP contribution in [0, 0.1) is 0 Å². The molecule has 1 saturated heterocycles. The Morgan fingerprint density at radius 2 is 2.17 bits per heavy atom. The van der Waals surface area contributed by atoms with Crippen LogP contribution in [0.2, 0.25) is 0 Å². The predicted molar refractivity (Wildman–Crippen MR) is 125 cm³/mol. The van der Waals surface area contributed by atoms with Crippen molar-refractivity contribution < 1.29 is 24.3 Å². The summed E-state index contributed by atoms with van der Waals surface area (Å²) in [7, 11) is 1.66. The topological polar surface area (TPSA) is 237 Å². The van der Waals surface area contributed by atoms with Crippen LogP contribution in [0.15, 0.2) is 26.9 Å². The average molecular weight is 540 g/mol. The number of β-lactam (4-membered cyclic amide) rings is 1. The van der Waals surface area contributed by atoms with Crippen LogP contribution >= 0.6 is 34.9 Å². The van der Waals surface area contributed by atoms with Gasteiger partial charge in [-0.1, -0.05) is 11.8 Å². The maximum Gasteiger partial charge on any atom is 0.352 e. The van der Waals surface area contributed by atoms with Crippen molar-refractivity contribution in [3.8, 4) is 0 Å². The van der Waals surface area contributed by atoms with Gasteiger partial charge in [-0.05, 0) is 16.0 Å². The molecule has 2 atom stereocenters. The summed E-state index contributed by atoms with van der Waals surface area (Å²) >= 11 is 3.59. The molecule has 0 aromatic carbocycles. The van der Waals surface area contributed by atoms with E-state index in [2.05, 4.69) is 30.9 Å². The van der Waals surface area contributed by atoms with Crippen molar-refractivity contribution in [2.45, 2.75) is 16.6 Å². The van der Waals surface area contributed by atoms with Crippen LogP contribution in [0.25, 0.3) is 0 Å². The maximum atomic E-state index is 12.9. The van der Waals surface area contributed by atoms with Crippen molar-refractivity contribution in [3.05, 3.63) is 22.3 Å². The summed E-state index contributed by atoms with van der Waals surface area (Å²) in [5.74, 6) is -2.11. The van der Waals surface area contributed by atoms with Crippen molar-refractivity contribution in [3.63, 3.8) is 0 Å². The summed E-state index contributed by atoms with van der Waals surface area (Å²) in [6.07, 6.45) is 0. The number of hydrazone groups is 1. The normalized spacial score (nSPS) is 19.7. The molecule has 0 aliphatic carbocycles. The molecule has 4 heterocycles. The van der Waals surface area contributed by atoms with Crippen LogP contribution in [0.4, 0.5) is 9.93 Å². The summed E-state index contributed by atoms with van der Waals surface area (Å²) in [6, 6.07) is -2.03. The monoisotopic (exact) mass is 539 g/mol. The lowest BCUT2D eigenvalue weighted by Gasteiger charge is -2.49. The van der Waals surface area contributed by atoms with Gasteiger partial charge >= 0.3 is 12.0 Å². The molecule has 2 aliphatic heterocycles. The van der Waals surface area contributed by atoms with Crippen LogP contribution in [0.5, 0.6) is 0 Å². The Balaban J connectivity index is 1.50. The zero-order valence-corrected chi connectivity index (χ0v) is 20.2.